The van der Waals surface area contributed by atoms with Crippen molar-refractivity contribution < 1.29 is 23.9 Å². The number of esters is 2. The van der Waals surface area contributed by atoms with Gasteiger partial charge < -0.3 is 9.47 Å². The van der Waals surface area contributed by atoms with E-state index in [0.29, 0.717) is 5.92 Å². The summed E-state index contributed by atoms with van der Waals surface area (Å²) < 4.78 is 11.4. The summed E-state index contributed by atoms with van der Waals surface area (Å²) in [4.78, 5) is 35.1. The largest absolute Gasteiger partial charge is 0.462 e. The fourth-order valence-electron chi connectivity index (χ4n) is 4.66. The van der Waals surface area contributed by atoms with E-state index >= 15 is 0 Å². The highest BCUT2D eigenvalue weighted by Gasteiger charge is 2.32. The third kappa shape index (κ3) is 10.3. The van der Waals surface area contributed by atoms with Crippen LogP contribution in [0.5, 0.6) is 0 Å². The number of rotatable bonds is 10. The smallest absolute Gasteiger partial charge is 0.309 e. The highest BCUT2D eigenvalue weighted by molar-refractivity contribution is 5.73. The molecule has 2 saturated carbocycles. The minimum absolute atomic E-state index is 0.0222. The lowest BCUT2D eigenvalue weighted by Gasteiger charge is -2.30. The van der Waals surface area contributed by atoms with Crippen LogP contribution in [0.1, 0.15) is 97.3 Å². The van der Waals surface area contributed by atoms with E-state index in [4.69, 9.17) is 9.47 Å². The topological polar surface area (TPSA) is 69.7 Å². The van der Waals surface area contributed by atoms with Gasteiger partial charge in [0.05, 0.1) is 17.9 Å². The van der Waals surface area contributed by atoms with Gasteiger partial charge in [-0.25, -0.2) is 4.79 Å². The van der Waals surface area contributed by atoms with Crippen molar-refractivity contribution >= 4 is 17.9 Å². The van der Waals surface area contributed by atoms with Gasteiger partial charge in [0.25, 0.3) is 0 Å². The second-order valence-corrected chi connectivity index (χ2v) is 9.41. The van der Waals surface area contributed by atoms with Gasteiger partial charge in [-0.3, -0.25) is 9.59 Å². The minimum atomic E-state index is -0.0985. The van der Waals surface area contributed by atoms with E-state index in [0.717, 1.165) is 64.2 Å². The molecule has 2 rings (SSSR count). The zero-order valence-electron chi connectivity index (χ0n) is 20.2. The van der Waals surface area contributed by atoms with Crippen LogP contribution in [0.4, 0.5) is 0 Å². The second kappa shape index (κ2) is 15.4. The van der Waals surface area contributed by atoms with Crippen molar-refractivity contribution in [2.45, 2.75) is 110 Å². The molecule has 0 aliphatic heterocycles. The fourth-order valence-corrected chi connectivity index (χ4v) is 4.66. The highest BCUT2D eigenvalue weighted by Crippen LogP contribution is 2.33. The molecule has 33 heavy (non-hydrogen) atoms. The number of allylic oxidation sites excluding steroid dienone is 1. The first-order chi connectivity index (χ1) is 16.0. The van der Waals surface area contributed by atoms with Gasteiger partial charge in [-0.05, 0) is 88.9 Å². The summed E-state index contributed by atoms with van der Waals surface area (Å²) >= 11 is 0. The Balaban J connectivity index is 1.67. The second-order valence-electron chi connectivity index (χ2n) is 9.41. The molecule has 0 aromatic heterocycles. The molecule has 2 fully saturated rings. The van der Waals surface area contributed by atoms with Gasteiger partial charge in [-0.15, -0.1) is 0 Å². The molecule has 1 unspecified atom stereocenters. The van der Waals surface area contributed by atoms with E-state index in [2.05, 4.69) is 29.8 Å². The number of unbranched alkanes of at least 4 members (excludes halogenated alkanes) is 3. The van der Waals surface area contributed by atoms with Crippen molar-refractivity contribution in [3.63, 3.8) is 0 Å². The number of carbonyl (C=O) groups excluding carboxylic acids is 3. The molecule has 0 spiro atoms. The van der Waals surface area contributed by atoms with E-state index < -0.39 is 0 Å². The SMILES string of the molecule is CCCCCCC(C)OC(=O)C1CCC(OC(=O)C2CCC(C=C=C=C=C=C=O)CC2)CC1. The van der Waals surface area contributed by atoms with Crippen LogP contribution in [-0.4, -0.2) is 30.1 Å². The average Bonchev–Trinajstić information content (AvgIpc) is 2.82. The molecule has 0 radical (unpaired) electrons. The Morgan fingerprint density at radius 2 is 1.55 bits per heavy atom. The van der Waals surface area contributed by atoms with Crippen LogP contribution < -0.4 is 0 Å². The molecule has 0 heterocycles. The third-order valence-corrected chi connectivity index (χ3v) is 6.74. The molecule has 0 aromatic carbocycles. The first kappa shape index (κ1) is 26.8. The maximum absolute atomic E-state index is 12.6. The predicted octanol–water partition coefficient (Wildman–Crippen LogP) is 5.81. The maximum Gasteiger partial charge on any atom is 0.309 e. The lowest BCUT2D eigenvalue weighted by Crippen LogP contribution is -2.32. The Bertz CT molecular complexity index is 812. The summed E-state index contributed by atoms with van der Waals surface area (Å²) in [5.41, 5.74) is 10.0. The molecule has 0 N–H and O–H groups in total. The predicted molar refractivity (Wildman–Crippen MR) is 126 cm³/mol. The van der Waals surface area contributed by atoms with Crippen LogP contribution in [0.15, 0.2) is 29.0 Å². The summed E-state index contributed by atoms with van der Waals surface area (Å²) in [6.45, 7) is 4.17. The van der Waals surface area contributed by atoms with E-state index in [-0.39, 0.29) is 36.0 Å². The van der Waals surface area contributed by atoms with Crippen LogP contribution in [0, 0.1) is 17.8 Å². The van der Waals surface area contributed by atoms with Crippen molar-refractivity contribution in [1.29, 1.82) is 0 Å². The Morgan fingerprint density at radius 1 is 0.879 bits per heavy atom. The van der Waals surface area contributed by atoms with Crippen LogP contribution in [0.3, 0.4) is 0 Å². The van der Waals surface area contributed by atoms with Gasteiger partial charge >= 0.3 is 11.9 Å². The zero-order chi connectivity index (χ0) is 23.9. The standard InChI is InChI=1S/C28H38O5/c1-3-4-5-8-11-22(2)32-27(30)25-17-19-26(20-18-25)33-28(31)24-15-13-23(14-16-24)12-9-6-7-10-21-29/h12,22-26H,3-5,8,11,13-20H2,1-2H3. The summed E-state index contributed by atoms with van der Waals surface area (Å²) in [6, 6.07) is 0. The number of hydrogen-bond donors (Lipinski definition) is 0. The van der Waals surface area contributed by atoms with Gasteiger partial charge in [0, 0.05) is 11.5 Å². The van der Waals surface area contributed by atoms with Crippen LogP contribution in [0.2, 0.25) is 0 Å². The van der Waals surface area contributed by atoms with Crippen molar-refractivity contribution in [1.82, 2.24) is 0 Å². The molecule has 5 nitrogen and oxygen atoms in total. The first-order valence-corrected chi connectivity index (χ1v) is 12.7. The molecule has 5 heteroatoms. The van der Waals surface area contributed by atoms with E-state index in [1.54, 1.807) is 0 Å². The Kier molecular flexibility index (Phi) is 12.5. The zero-order valence-corrected chi connectivity index (χ0v) is 20.2. The van der Waals surface area contributed by atoms with E-state index in [9.17, 15) is 14.4 Å². The average molecular weight is 455 g/mol. The molecule has 0 bridgehead atoms. The summed E-state index contributed by atoms with van der Waals surface area (Å²) in [7, 11) is 0. The molecular weight excluding hydrogens is 416 g/mol. The van der Waals surface area contributed by atoms with Crippen LogP contribution in [-0.2, 0) is 23.9 Å². The normalized spacial score (nSPS) is 25.2. The molecule has 180 valence electrons. The summed E-state index contributed by atoms with van der Waals surface area (Å²) in [5, 5.41) is 0. The van der Waals surface area contributed by atoms with Gasteiger partial charge in [0.2, 0.25) is 0 Å². The summed E-state index contributed by atoms with van der Waals surface area (Å²) in [5.74, 6) is 1.52. The van der Waals surface area contributed by atoms with Gasteiger partial charge in [-0.1, -0.05) is 31.9 Å². The molecule has 1 atom stereocenters. The van der Waals surface area contributed by atoms with E-state index in [1.807, 2.05) is 13.0 Å². The van der Waals surface area contributed by atoms with Crippen molar-refractivity contribution in [3.05, 3.63) is 29.0 Å². The Labute approximate surface area is 198 Å². The lowest BCUT2D eigenvalue weighted by molar-refractivity contribution is -0.160. The van der Waals surface area contributed by atoms with Crippen LogP contribution >= 0.6 is 0 Å². The maximum atomic E-state index is 12.6. The number of carbonyl (C=O) groups is 2. The minimum Gasteiger partial charge on any atom is -0.462 e. The Hall–Kier alpha value is -2.49. The number of hydrogen-bond acceptors (Lipinski definition) is 5. The number of ether oxygens (including phenoxy) is 2. The van der Waals surface area contributed by atoms with Crippen molar-refractivity contribution in [2.24, 2.45) is 17.8 Å². The molecule has 0 aromatic rings. The van der Waals surface area contributed by atoms with Gasteiger partial charge in [0.15, 0.2) is 5.94 Å². The molecule has 0 saturated heterocycles. The molecule has 2 aliphatic rings. The van der Waals surface area contributed by atoms with E-state index in [1.165, 1.54) is 25.2 Å². The molecular formula is C28H38O5. The highest BCUT2D eigenvalue weighted by atomic mass is 16.5. The fraction of sp³-hybridized carbons (Fsp3) is 0.714. The van der Waals surface area contributed by atoms with Crippen LogP contribution in [0.25, 0.3) is 0 Å². The van der Waals surface area contributed by atoms with Gasteiger partial charge in [-0.2, -0.15) is 0 Å². The third-order valence-electron chi connectivity index (χ3n) is 6.74. The monoisotopic (exact) mass is 454 g/mol. The lowest BCUT2D eigenvalue weighted by atomic mass is 9.82. The van der Waals surface area contributed by atoms with Crippen molar-refractivity contribution in [2.75, 3.05) is 0 Å². The van der Waals surface area contributed by atoms with Crippen molar-refractivity contribution in [3.8, 4) is 0 Å². The molecule has 0 amide bonds. The first-order valence-electron chi connectivity index (χ1n) is 12.7. The van der Waals surface area contributed by atoms with Gasteiger partial charge in [0.1, 0.15) is 6.10 Å². The summed E-state index contributed by atoms with van der Waals surface area (Å²) in [6.07, 6.45) is 13.8. The quantitative estimate of drug-likeness (QED) is 0.180. The Morgan fingerprint density at radius 3 is 2.21 bits per heavy atom. The molecule has 2 aliphatic carbocycles.